The first kappa shape index (κ1) is 61.8. The zero-order valence-corrected chi connectivity index (χ0v) is 47.9. The number of fused-ring (bicyclic) bond motifs is 1. The number of aliphatic hydroxyl groups excluding tert-OH is 1. The number of ether oxygens (including phenoxy) is 4. The van der Waals surface area contributed by atoms with Crippen molar-refractivity contribution in [2.45, 2.75) is 114 Å². The van der Waals surface area contributed by atoms with Crippen molar-refractivity contribution in [3.63, 3.8) is 0 Å². The number of aryl methyl sites for hydroxylation is 2. The molecule has 0 bridgehead atoms. The van der Waals surface area contributed by atoms with Gasteiger partial charge in [0.2, 0.25) is 5.95 Å². The number of anilines is 1. The minimum absolute atomic E-state index is 0.0802. The zero-order chi connectivity index (χ0) is 56.5. The molecule has 0 amide bonds. The molecule has 3 saturated heterocycles. The van der Waals surface area contributed by atoms with Gasteiger partial charge < -0.3 is 81.0 Å². The SMILES string of the molecule is COC1[C@@H](OP(O)(=S)OCCCO)[C@@H](COP(O)(=S)O[C@@H]2C[C@H](n3cc(C)c(=O)[nH]c3=O)O[C@@H]2COP(O)(=S)O[C@@H]2C[C@H](n3c(=O)[nH]c4c(=O)[nH]c(N)nc43)O[C@@H]2COP(O)(=S)OC(C)C)O[C@H]1n1cc(C)c(=O)[nH]c1=O. The maximum absolute atomic E-state index is 13.2. The molecule has 4 aromatic heterocycles. The van der Waals surface area contributed by atoms with Crippen LogP contribution in [0, 0.1) is 13.8 Å². The van der Waals surface area contributed by atoms with Gasteiger partial charge in [-0.3, -0.25) is 48.0 Å². The third-order valence-corrected chi connectivity index (χ3v) is 18.1. The Morgan fingerprint density at radius 3 is 1.78 bits per heavy atom. The van der Waals surface area contributed by atoms with Crippen LogP contribution in [0.1, 0.15) is 62.9 Å². The number of nitrogens with zero attached hydrogens (tertiary/aromatic N) is 4. The lowest BCUT2D eigenvalue weighted by molar-refractivity contribution is -0.0637. The fourth-order valence-corrected chi connectivity index (χ4v) is 14.3. The molecule has 0 spiro atoms. The van der Waals surface area contributed by atoms with Crippen LogP contribution in [0.2, 0.25) is 0 Å². The van der Waals surface area contributed by atoms with E-state index in [2.05, 4.69) is 24.9 Å². The lowest BCUT2D eigenvalue weighted by Crippen LogP contribution is -2.40. The normalized spacial score (nSPS) is 27.9. The van der Waals surface area contributed by atoms with Gasteiger partial charge >= 0.3 is 43.9 Å². The lowest BCUT2D eigenvalue weighted by Gasteiger charge is -2.28. The molecular formula is C37H55N9O23P4S4. The molecule has 3 aliphatic heterocycles. The van der Waals surface area contributed by atoms with Gasteiger partial charge in [0, 0.05) is 50.1 Å². The van der Waals surface area contributed by atoms with Crippen molar-refractivity contribution in [2.24, 2.45) is 0 Å². The maximum Gasteiger partial charge on any atom is 0.330 e. The van der Waals surface area contributed by atoms with Crippen molar-refractivity contribution in [3.05, 3.63) is 86.0 Å². The summed E-state index contributed by atoms with van der Waals surface area (Å²) in [4.78, 5) is 135. The molecule has 3 fully saturated rings. The monoisotopic (exact) mass is 1250 g/mol. The summed E-state index contributed by atoms with van der Waals surface area (Å²) < 4.78 is 72.7. The summed E-state index contributed by atoms with van der Waals surface area (Å²) in [7, 11) is 1.23. The molecule has 14 atom stereocenters. The highest BCUT2D eigenvalue weighted by molar-refractivity contribution is 8.08. The molecular weight excluding hydrogens is 1190 g/mol. The first-order valence-electron chi connectivity index (χ1n) is 22.9. The minimum atomic E-state index is -4.53. The average Bonchev–Trinajstić information content (AvgIpc) is 4.12. The highest BCUT2D eigenvalue weighted by atomic mass is 32.5. The Kier molecular flexibility index (Phi) is 20.2. The first-order valence-corrected chi connectivity index (χ1v) is 33.2. The Labute approximate surface area is 454 Å². The molecule has 11 N–H and O–H groups in total. The van der Waals surface area contributed by atoms with Crippen LogP contribution >= 0.6 is 26.9 Å². The van der Waals surface area contributed by atoms with Crippen LogP contribution in [0.25, 0.3) is 11.2 Å². The summed E-state index contributed by atoms with van der Waals surface area (Å²) >= 11 is 21.2. The van der Waals surface area contributed by atoms with Gasteiger partial charge in [-0.2, -0.15) is 4.98 Å². The Bertz CT molecular complexity index is 3370. The number of nitrogens with two attached hydrogens (primary N) is 1. The molecule has 4 aromatic rings. The van der Waals surface area contributed by atoms with E-state index in [-0.39, 0.29) is 60.7 Å². The lowest BCUT2D eigenvalue weighted by atomic mass is 10.1. The second kappa shape index (κ2) is 25.2. The van der Waals surface area contributed by atoms with Crippen LogP contribution < -0.4 is 39.5 Å². The molecule has 7 heterocycles. The number of hydrogen-bond acceptors (Lipinski definition) is 25. The number of H-pyrrole nitrogens is 4. The number of rotatable bonds is 25. The van der Waals surface area contributed by atoms with Gasteiger partial charge in [-0.15, -0.1) is 0 Å². The Hall–Kier alpha value is -2.77. The maximum atomic E-state index is 13.2. The van der Waals surface area contributed by atoms with Crippen LogP contribution in [0.3, 0.4) is 0 Å². The Morgan fingerprint density at radius 1 is 0.688 bits per heavy atom. The average molecular weight is 1250 g/mol. The molecule has 0 aromatic carbocycles. The first-order chi connectivity index (χ1) is 36.0. The number of nitrogens with one attached hydrogen (secondary N) is 4. The minimum Gasteiger partial charge on any atom is -0.396 e. The molecule has 77 heavy (non-hydrogen) atoms. The molecule has 3 aliphatic rings. The van der Waals surface area contributed by atoms with E-state index in [1.165, 1.54) is 33.4 Å². The highest BCUT2D eigenvalue weighted by Crippen LogP contribution is 2.54. The van der Waals surface area contributed by atoms with E-state index in [0.717, 1.165) is 13.7 Å². The number of nitrogen functional groups attached to an aromatic ring is 1. The number of aliphatic hydroxyl groups is 1. The van der Waals surface area contributed by atoms with Crippen molar-refractivity contribution >= 4 is 91.2 Å². The van der Waals surface area contributed by atoms with Gasteiger partial charge in [0.25, 0.3) is 16.7 Å². The standard InChI is InChI=1S/C37H55N9O23P4S4/c1-16(2)66-71(55,75)60-14-22-20(10-25(64-22)46-29-26(39-37(46)53)32(50)41-34(38)40-29)68-72(56,76)61-13-21-19(9-24(63-21)44-11-17(3)30(48)42-35(44)51)67-73(57,77)62-15-23-27(69-70(54,74)59-8-6-7-47)28(58-5)33(65-23)45-12-18(4)31(49)43-36(45)52/h11-12,16,19-25,27-28,33,47H,6-10,13-15H2,1-5H3,(H,39,53)(H,54,74)(H,55,75)(H,56,76)(H,57,77)(H,42,48,51)(H,43,49,52)(H3,38,40,41,50)/t19-,20-,21-,22-,23-,24-,25-,27+,28?,33-,70?,71?,72?,73?/m1/s1. The largest absolute Gasteiger partial charge is 0.396 e. The van der Waals surface area contributed by atoms with Gasteiger partial charge in [0.15, 0.2) is 17.4 Å². The fraction of sp³-hybridized carbons (Fsp3) is 0.649. The van der Waals surface area contributed by atoms with Gasteiger partial charge in [-0.1, -0.05) is 0 Å². The topological polar surface area (TPSA) is 431 Å². The van der Waals surface area contributed by atoms with Gasteiger partial charge in [0.1, 0.15) is 43.0 Å². The summed E-state index contributed by atoms with van der Waals surface area (Å²) in [5, 5.41) is 9.25. The van der Waals surface area contributed by atoms with Crippen molar-refractivity contribution in [3.8, 4) is 0 Å². The molecule has 0 saturated carbocycles. The smallest absolute Gasteiger partial charge is 0.330 e. The summed E-state index contributed by atoms with van der Waals surface area (Å²) in [5.41, 5.74) is 0.766. The van der Waals surface area contributed by atoms with Gasteiger partial charge in [-0.05, 0) is 81.3 Å². The van der Waals surface area contributed by atoms with E-state index >= 15 is 0 Å². The summed E-state index contributed by atoms with van der Waals surface area (Å²) in [6.07, 6.45) is -12.1. The number of imidazole rings is 1. The second-order valence-electron chi connectivity index (χ2n) is 17.6. The molecule has 0 radical (unpaired) electrons. The van der Waals surface area contributed by atoms with E-state index in [4.69, 9.17) is 108 Å². The van der Waals surface area contributed by atoms with Gasteiger partial charge in [-0.25, -0.2) is 19.0 Å². The van der Waals surface area contributed by atoms with Crippen LogP contribution in [0.15, 0.2) is 41.2 Å². The molecule has 32 nitrogen and oxygen atoms in total. The third kappa shape index (κ3) is 15.4. The number of aromatic amines is 4. The number of methoxy groups -OCH3 is 1. The third-order valence-electron chi connectivity index (χ3n) is 11.6. The quantitative estimate of drug-likeness (QED) is 0.0284. The van der Waals surface area contributed by atoms with Crippen LogP contribution in [-0.2, 0) is 102 Å². The molecule has 5 unspecified atom stereocenters. The summed E-state index contributed by atoms with van der Waals surface area (Å²) in [5.74, 6) is -0.327. The van der Waals surface area contributed by atoms with E-state index < -0.39 is 148 Å². The molecule has 430 valence electrons. The zero-order valence-electron chi connectivity index (χ0n) is 41.0. The fourth-order valence-electron chi connectivity index (χ4n) is 8.20. The molecule has 0 aliphatic carbocycles. The predicted molar refractivity (Wildman–Crippen MR) is 282 cm³/mol. The van der Waals surface area contributed by atoms with Crippen molar-refractivity contribution in [1.29, 1.82) is 0 Å². The van der Waals surface area contributed by atoms with Crippen molar-refractivity contribution in [2.75, 3.05) is 45.9 Å². The van der Waals surface area contributed by atoms with Crippen molar-refractivity contribution in [1.82, 2.24) is 38.6 Å². The number of aromatic nitrogens is 8. The highest BCUT2D eigenvalue weighted by Gasteiger charge is 2.51. The van der Waals surface area contributed by atoms with Crippen LogP contribution in [-0.4, -0.2) is 152 Å². The predicted octanol–water partition coefficient (Wildman–Crippen LogP) is -0.904. The molecule has 40 heteroatoms. The Morgan fingerprint density at radius 2 is 1.21 bits per heavy atom. The Balaban J connectivity index is 1.12. The van der Waals surface area contributed by atoms with E-state index in [9.17, 15) is 53.4 Å². The van der Waals surface area contributed by atoms with E-state index in [1.807, 2.05) is 0 Å². The molecule has 7 rings (SSSR count). The van der Waals surface area contributed by atoms with E-state index in [1.54, 1.807) is 13.8 Å². The second-order valence-corrected chi connectivity index (χ2v) is 28.7. The summed E-state index contributed by atoms with van der Waals surface area (Å²) in [6, 6.07) is 0. The van der Waals surface area contributed by atoms with E-state index in [0.29, 0.717) is 0 Å². The van der Waals surface area contributed by atoms with Crippen LogP contribution in [0.5, 0.6) is 0 Å². The van der Waals surface area contributed by atoms with Gasteiger partial charge in [0.05, 0.1) is 44.7 Å². The van der Waals surface area contributed by atoms with Crippen LogP contribution in [0.4, 0.5) is 5.95 Å². The number of hydrogen-bond donors (Lipinski definition) is 10. The van der Waals surface area contributed by atoms with Crippen molar-refractivity contribution < 1.29 is 79.8 Å². The summed E-state index contributed by atoms with van der Waals surface area (Å²) in [6.45, 7) is -13.5.